The number of fused-ring (bicyclic) bond motifs is 2. The molecule has 1 aliphatic heterocycles. The SMILES string of the molecule is Cc1cc(-c2c(-c3ccc(F)cn3)nn3c2O[C@@H](C)C[C@H]3C)c2cn[nH]c2n1. The standard InChI is InChI=1S/C20H19FN6O/c1-10-6-14(15-9-23-25-19(15)24-10)17-18(16-5-4-13(21)8-22-16)26-27-11(2)7-12(3)28-20(17)27/h4-6,8-9,11-12H,7H2,1-3H3,(H,23,24,25)/t11-,12+/m1/s1. The average molecular weight is 378 g/mol. The summed E-state index contributed by atoms with van der Waals surface area (Å²) in [5.74, 6) is 0.310. The fourth-order valence-corrected chi connectivity index (χ4v) is 3.85. The fourth-order valence-electron chi connectivity index (χ4n) is 3.85. The van der Waals surface area contributed by atoms with E-state index in [-0.39, 0.29) is 18.0 Å². The summed E-state index contributed by atoms with van der Waals surface area (Å²) in [5.41, 5.74) is 4.54. The van der Waals surface area contributed by atoms with Crippen LogP contribution >= 0.6 is 0 Å². The maximum absolute atomic E-state index is 13.5. The molecule has 1 aliphatic rings. The highest BCUT2D eigenvalue weighted by Crippen LogP contribution is 2.45. The number of hydrogen-bond donors (Lipinski definition) is 1. The van der Waals surface area contributed by atoms with Gasteiger partial charge in [0.15, 0.2) is 5.65 Å². The van der Waals surface area contributed by atoms with Crippen molar-refractivity contribution >= 4 is 11.0 Å². The second-order valence-electron chi connectivity index (χ2n) is 7.29. The van der Waals surface area contributed by atoms with Gasteiger partial charge < -0.3 is 4.74 Å². The number of nitrogens with one attached hydrogen (secondary N) is 1. The van der Waals surface area contributed by atoms with Gasteiger partial charge >= 0.3 is 0 Å². The molecule has 4 aromatic rings. The van der Waals surface area contributed by atoms with E-state index in [0.29, 0.717) is 22.9 Å². The predicted octanol–water partition coefficient (Wildman–Crippen LogP) is 4.06. The maximum atomic E-state index is 13.5. The minimum Gasteiger partial charge on any atom is -0.474 e. The molecule has 0 amide bonds. The Kier molecular flexibility index (Phi) is 3.68. The third kappa shape index (κ3) is 2.56. The topological polar surface area (TPSA) is 81.5 Å². The minimum absolute atomic E-state index is 0.0646. The lowest BCUT2D eigenvalue weighted by atomic mass is 10.0. The predicted molar refractivity (Wildman–Crippen MR) is 102 cm³/mol. The first kappa shape index (κ1) is 16.9. The van der Waals surface area contributed by atoms with E-state index in [1.54, 1.807) is 12.3 Å². The molecule has 0 spiro atoms. The van der Waals surface area contributed by atoms with Gasteiger partial charge in [-0.25, -0.2) is 14.1 Å². The summed E-state index contributed by atoms with van der Waals surface area (Å²) in [5, 5.41) is 12.8. The van der Waals surface area contributed by atoms with Crippen molar-refractivity contribution in [1.82, 2.24) is 29.9 Å². The second kappa shape index (κ2) is 6.12. The highest BCUT2D eigenvalue weighted by molar-refractivity contribution is 5.98. The van der Waals surface area contributed by atoms with Crippen LogP contribution in [0.25, 0.3) is 33.5 Å². The summed E-state index contributed by atoms with van der Waals surface area (Å²) in [7, 11) is 0. The molecule has 142 valence electrons. The van der Waals surface area contributed by atoms with Gasteiger partial charge in [0.2, 0.25) is 5.88 Å². The molecule has 0 aromatic carbocycles. The molecule has 8 heteroatoms. The molecule has 2 atom stereocenters. The van der Waals surface area contributed by atoms with E-state index in [4.69, 9.17) is 9.84 Å². The summed E-state index contributed by atoms with van der Waals surface area (Å²) < 4.78 is 21.6. The van der Waals surface area contributed by atoms with E-state index in [0.717, 1.165) is 28.6 Å². The first-order valence-corrected chi connectivity index (χ1v) is 9.23. The Morgan fingerprint density at radius 2 is 2.11 bits per heavy atom. The van der Waals surface area contributed by atoms with Gasteiger partial charge in [0.1, 0.15) is 11.5 Å². The van der Waals surface area contributed by atoms with Crippen LogP contribution in [0.2, 0.25) is 0 Å². The van der Waals surface area contributed by atoms with E-state index in [1.807, 2.05) is 17.7 Å². The Bertz CT molecular complexity index is 1180. The molecule has 0 fully saturated rings. The van der Waals surface area contributed by atoms with Gasteiger partial charge in [0.05, 0.1) is 35.8 Å². The van der Waals surface area contributed by atoms with Crippen LogP contribution in [-0.2, 0) is 0 Å². The third-order valence-corrected chi connectivity index (χ3v) is 5.06. The molecule has 0 radical (unpaired) electrons. The zero-order valence-corrected chi connectivity index (χ0v) is 15.8. The van der Waals surface area contributed by atoms with Crippen molar-refractivity contribution in [3.8, 4) is 28.4 Å². The molecule has 0 unspecified atom stereocenters. The number of aryl methyl sites for hydroxylation is 1. The van der Waals surface area contributed by atoms with Crippen molar-refractivity contribution in [2.75, 3.05) is 0 Å². The van der Waals surface area contributed by atoms with E-state index in [1.165, 1.54) is 12.3 Å². The third-order valence-electron chi connectivity index (χ3n) is 5.06. The Hall–Kier alpha value is -3.29. The minimum atomic E-state index is -0.385. The van der Waals surface area contributed by atoms with Gasteiger partial charge in [-0.1, -0.05) is 0 Å². The van der Waals surface area contributed by atoms with E-state index >= 15 is 0 Å². The lowest BCUT2D eigenvalue weighted by Crippen LogP contribution is -2.26. The van der Waals surface area contributed by atoms with Crippen LogP contribution in [-0.4, -0.2) is 36.0 Å². The van der Waals surface area contributed by atoms with Crippen LogP contribution in [0.1, 0.15) is 32.0 Å². The van der Waals surface area contributed by atoms with Gasteiger partial charge in [-0.2, -0.15) is 10.2 Å². The maximum Gasteiger partial charge on any atom is 0.221 e. The number of nitrogens with zero attached hydrogens (tertiary/aromatic N) is 5. The quantitative estimate of drug-likeness (QED) is 0.569. The first-order chi connectivity index (χ1) is 13.5. The Morgan fingerprint density at radius 1 is 1.25 bits per heavy atom. The Balaban J connectivity index is 1.85. The molecule has 0 saturated carbocycles. The van der Waals surface area contributed by atoms with E-state index in [2.05, 4.69) is 34.0 Å². The van der Waals surface area contributed by atoms with Crippen LogP contribution in [0, 0.1) is 12.7 Å². The van der Waals surface area contributed by atoms with Crippen LogP contribution < -0.4 is 4.74 Å². The number of rotatable bonds is 2. The van der Waals surface area contributed by atoms with Crippen molar-refractivity contribution in [2.24, 2.45) is 0 Å². The fraction of sp³-hybridized carbons (Fsp3) is 0.300. The number of ether oxygens (including phenoxy) is 1. The zero-order valence-electron chi connectivity index (χ0n) is 15.8. The van der Waals surface area contributed by atoms with Crippen molar-refractivity contribution in [1.29, 1.82) is 0 Å². The lowest BCUT2D eigenvalue weighted by Gasteiger charge is -2.27. The summed E-state index contributed by atoms with van der Waals surface area (Å²) in [6.07, 6.45) is 3.88. The largest absolute Gasteiger partial charge is 0.474 e. The molecule has 1 N–H and O–H groups in total. The van der Waals surface area contributed by atoms with Crippen LogP contribution in [0.15, 0.2) is 30.6 Å². The zero-order chi connectivity index (χ0) is 19.4. The van der Waals surface area contributed by atoms with Gasteiger partial charge in [-0.05, 0) is 39.0 Å². The van der Waals surface area contributed by atoms with Crippen molar-refractivity contribution in [3.05, 3.63) is 42.1 Å². The number of halogens is 1. The van der Waals surface area contributed by atoms with Crippen molar-refractivity contribution < 1.29 is 9.13 Å². The van der Waals surface area contributed by atoms with Crippen LogP contribution in [0.3, 0.4) is 0 Å². The molecule has 7 nitrogen and oxygen atoms in total. The molecular formula is C20H19FN6O. The Morgan fingerprint density at radius 3 is 2.89 bits per heavy atom. The summed E-state index contributed by atoms with van der Waals surface area (Å²) >= 11 is 0. The molecule has 0 aliphatic carbocycles. The molecule has 4 aromatic heterocycles. The highest BCUT2D eigenvalue weighted by Gasteiger charge is 2.32. The van der Waals surface area contributed by atoms with Gasteiger partial charge in [-0.3, -0.25) is 10.1 Å². The number of aromatic amines is 1. The molecule has 5 heterocycles. The van der Waals surface area contributed by atoms with Gasteiger partial charge in [-0.15, -0.1) is 0 Å². The normalized spacial score (nSPS) is 18.9. The first-order valence-electron chi connectivity index (χ1n) is 9.23. The van der Waals surface area contributed by atoms with Gasteiger partial charge in [0.25, 0.3) is 0 Å². The smallest absolute Gasteiger partial charge is 0.221 e. The summed E-state index contributed by atoms with van der Waals surface area (Å²) in [4.78, 5) is 8.78. The molecular weight excluding hydrogens is 359 g/mol. The van der Waals surface area contributed by atoms with Crippen molar-refractivity contribution in [3.63, 3.8) is 0 Å². The van der Waals surface area contributed by atoms with E-state index in [9.17, 15) is 4.39 Å². The average Bonchev–Trinajstić information content (AvgIpc) is 3.26. The monoisotopic (exact) mass is 378 g/mol. The highest BCUT2D eigenvalue weighted by atomic mass is 19.1. The Labute approximate surface area is 160 Å². The van der Waals surface area contributed by atoms with Gasteiger partial charge in [0, 0.05) is 23.1 Å². The van der Waals surface area contributed by atoms with Crippen molar-refractivity contribution in [2.45, 2.75) is 39.3 Å². The molecule has 0 saturated heterocycles. The lowest BCUT2D eigenvalue weighted by molar-refractivity contribution is 0.127. The number of H-pyrrole nitrogens is 1. The van der Waals surface area contributed by atoms with Crippen LogP contribution in [0.4, 0.5) is 4.39 Å². The summed E-state index contributed by atoms with van der Waals surface area (Å²) in [6.45, 7) is 6.10. The molecule has 28 heavy (non-hydrogen) atoms. The molecule has 0 bridgehead atoms. The number of hydrogen-bond acceptors (Lipinski definition) is 5. The molecule has 5 rings (SSSR count). The van der Waals surface area contributed by atoms with Crippen LogP contribution in [0.5, 0.6) is 5.88 Å². The summed E-state index contributed by atoms with van der Waals surface area (Å²) in [6, 6.07) is 5.20. The van der Waals surface area contributed by atoms with E-state index < -0.39 is 0 Å². The number of pyridine rings is 2. The second-order valence-corrected chi connectivity index (χ2v) is 7.29. The number of aromatic nitrogens is 6.